The van der Waals surface area contributed by atoms with Crippen LogP contribution in [0.1, 0.15) is 40.4 Å². The van der Waals surface area contributed by atoms with E-state index in [9.17, 15) is 4.79 Å². The molecule has 0 saturated carbocycles. The molecule has 2 heterocycles. The number of hydrogen-bond acceptors (Lipinski definition) is 3. The Balaban J connectivity index is 1.55. The van der Waals surface area contributed by atoms with E-state index in [-0.39, 0.29) is 11.8 Å². The maximum atomic E-state index is 12.8. The van der Waals surface area contributed by atoms with Crippen molar-refractivity contribution in [1.82, 2.24) is 14.9 Å². The smallest absolute Gasteiger partial charge is 0.253 e. The monoisotopic (exact) mass is 357 g/mol. The Hall–Kier alpha value is -3.01. The van der Waals surface area contributed by atoms with E-state index in [0.29, 0.717) is 6.54 Å². The third-order valence-corrected chi connectivity index (χ3v) is 5.10. The van der Waals surface area contributed by atoms with Gasteiger partial charge in [0.25, 0.3) is 5.91 Å². The quantitative estimate of drug-likeness (QED) is 0.695. The molecule has 0 spiro atoms. The van der Waals surface area contributed by atoms with Gasteiger partial charge < -0.3 is 4.90 Å². The Bertz CT molecular complexity index is 939. The zero-order valence-corrected chi connectivity index (χ0v) is 15.5. The third-order valence-electron chi connectivity index (χ3n) is 5.10. The fraction of sp³-hybridized carbons (Fsp3) is 0.261. The predicted molar refractivity (Wildman–Crippen MR) is 107 cm³/mol. The summed E-state index contributed by atoms with van der Waals surface area (Å²) in [5, 5.41) is 0. The Morgan fingerprint density at radius 2 is 1.93 bits per heavy atom. The van der Waals surface area contributed by atoms with E-state index < -0.39 is 0 Å². The van der Waals surface area contributed by atoms with Crippen LogP contribution < -0.4 is 0 Å². The fourth-order valence-electron chi connectivity index (χ4n) is 3.69. The second-order valence-electron chi connectivity index (χ2n) is 7.13. The normalized spacial score (nSPS) is 16.9. The van der Waals surface area contributed by atoms with E-state index in [0.717, 1.165) is 42.0 Å². The first-order valence-corrected chi connectivity index (χ1v) is 9.45. The largest absolute Gasteiger partial charge is 0.338 e. The van der Waals surface area contributed by atoms with Crippen LogP contribution in [-0.2, 0) is 0 Å². The Morgan fingerprint density at radius 3 is 2.74 bits per heavy atom. The van der Waals surface area contributed by atoms with E-state index in [1.807, 2.05) is 59.6 Å². The molecule has 4 heteroatoms. The van der Waals surface area contributed by atoms with Crippen LogP contribution in [0.4, 0.5) is 0 Å². The van der Waals surface area contributed by atoms with Crippen molar-refractivity contribution in [2.75, 3.05) is 13.1 Å². The number of carbonyl (C=O) groups is 1. The topological polar surface area (TPSA) is 46.1 Å². The van der Waals surface area contributed by atoms with Crippen molar-refractivity contribution in [3.63, 3.8) is 0 Å². The standard InChI is InChI=1S/C23H23N3O/c1-17-7-5-10-19(15-17)22-24-13-12-21(25-22)20-11-6-14-26(16-20)23(27)18-8-3-2-4-9-18/h2-5,7-10,12-13,15,20H,6,11,14,16H2,1H3. The molecule has 1 amide bonds. The number of hydrogen-bond donors (Lipinski definition) is 0. The Morgan fingerprint density at radius 1 is 1.07 bits per heavy atom. The lowest BCUT2D eigenvalue weighted by Crippen LogP contribution is -2.39. The van der Waals surface area contributed by atoms with Crippen LogP contribution in [0.25, 0.3) is 11.4 Å². The summed E-state index contributed by atoms with van der Waals surface area (Å²) < 4.78 is 0. The van der Waals surface area contributed by atoms with E-state index >= 15 is 0 Å². The molecule has 1 saturated heterocycles. The lowest BCUT2D eigenvalue weighted by molar-refractivity contribution is 0.0706. The predicted octanol–water partition coefficient (Wildman–Crippen LogP) is 4.47. The first-order chi connectivity index (χ1) is 13.2. The SMILES string of the molecule is Cc1cccc(-c2nccc(C3CCCN(C(=O)c4ccccc4)C3)n2)c1. The average Bonchev–Trinajstić information content (AvgIpc) is 2.74. The molecule has 1 unspecified atom stereocenters. The summed E-state index contributed by atoms with van der Waals surface area (Å²) in [6.07, 6.45) is 3.87. The van der Waals surface area contributed by atoms with Crippen LogP contribution in [0.15, 0.2) is 66.9 Å². The van der Waals surface area contributed by atoms with Gasteiger partial charge in [0.15, 0.2) is 5.82 Å². The summed E-state index contributed by atoms with van der Waals surface area (Å²) in [5.74, 6) is 1.11. The first-order valence-electron chi connectivity index (χ1n) is 9.45. The van der Waals surface area contributed by atoms with Crippen LogP contribution in [0.2, 0.25) is 0 Å². The maximum absolute atomic E-state index is 12.8. The molecule has 4 rings (SSSR count). The van der Waals surface area contributed by atoms with Gasteiger partial charge in [0.1, 0.15) is 0 Å². The number of aryl methyl sites for hydroxylation is 1. The molecule has 1 aromatic heterocycles. The Kier molecular flexibility index (Phi) is 4.97. The number of likely N-dealkylation sites (tertiary alicyclic amines) is 1. The van der Waals surface area contributed by atoms with Crippen molar-refractivity contribution >= 4 is 5.91 Å². The molecule has 136 valence electrons. The van der Waals surface area contributed by atoms with Crippen LogP contribution in [0.3, 0.4) is 0 Å². The number of nitrogens with zero attached hydrogens (tertiary/aromatic N) is 3. The van der Waals surface area contributed by atoms with Gasteiger partial charge in [-0.15, -0.1) is 0 Å². The van der Waals surface area contributed by atoms with Crippen molar-refractivity contribution in [3.8, 4) is 11.4 Å². The highest BCUT2D eigenvalue weighted by atomic mass is 16.2. The van der Waals surface area contributed by atoms with Crippen LogP contribution >= 0.6 is 0 Å². The molecular formula is C23H23N3O. The second-order valence-corrected chi connectivity index (χ2v) is 7.13. The summed E-state index contributed by atoms with van der Waals surface area (Å²) in [6.45, 7) is 3.58. The molecule has 0 N–H and O–H groups in total. The van der Waals surface area contributed by atoms with Crippen molar-refractivity contribution in [3.05, 3.63) is 83.7 Å². The molecule has 0 bridgehead atoms. The van der Waals surface area contributed by atoms with Gasteiger partial charge >= 0.3 is 0 Å². The first kappa shape index (κ1) is 17.4. The van der Waals surface area contributed by atoms with Crippen molar-refractivity contribution < 1.29 is 4.79 Å². The summed E-state index contributed by atoms with van der Waals surface area (Å²) in [7, 11) is 0. The molecule has 1 aliphatic heterocycles. The third kappa shape index (κ3) is 3.90. The molecule has 0 radical (unpaired) electrons. The van der Waals surface area contributed by atoms with Gasteiger partial charge in [0.2, 0.25) is 0 Å². The van der Waals surface area contributed by atoms with Gasteiger partial charge in [-0.05, 0) is 44.0 Å². The molecule has 0 aliphatic carbocycles. The van der Waals surface area contributed by atoms with Crippen molar-refractivity contribution in [2.24, 2.45) is 0 Å². The van der Waals surface area contributed by atoms with E-state index in [4.69, 9.17) is 4.98 Å². The van der Waals surface area contributed by atoms with Gasteiger partial charge in [-0.2, -0.15) is 0 Å². The summed E-state index contributed by atoms with van der Waals surface area (Å²) in [4.78, 5) is 24.0. The molecular weight excluding hydrogens is 334 g/mol. The van der Waals surface area contributed by atoms with E-state index in [2.05, 4.69) is 24.0 Å². The number of aromatic nitrogens is 2. The number of carbonyl (C=O) groups excluding carboxylic acids is 1. The molecule has 3 aromatic rings. The fourth-order valence-corrected chi connectivity index (χ4v) is 3.69. The van der Waals surface area contributed by atoms with Crippen molar-refractivity contribution in [2.45, 2.75) is 25.7 Å². The minimum Gasteiger partial charge on any atom is -0.338 e. The highest BCUT2D eigenvalue weighted by molar-refractivity contribution is 5.94. The minimum absolute atomic E-state index is 0.105. The van der Waals surface area contributed by atoms with Gasteiger partial charge in [-0.25, -0.2) is 9.97 Å². The zero-order chi connectivity index (χ0) is 18.6. The molecule has 4 nitrogen and oxygen atoms in total. The molecule has 1 fully saturated rings. The molecule has 2 aromatic carbocycles. The summed E-state index contributed by atoms with van der Waals surface area (Å²) >= 11 is 0. The number of rotatable bonds is 3. The van der Waals surface area contributed by atoms with Gasteiger partial charge in [0, 0.05) is 42.0 Å². The van der Waals surface area contributed by atoms with Crippen molar-refractivity contribution in [1.29, 1.82) is 0 Å². The highest BCUT2D eigenvalue weighted by Gasteiger charge is 2.26. The number of amides is 1. The van der Waals surface area contributed by atoms with Crippen LogP contribution in [0, 0.1) is 6.92 Å². The van der Waals surface area contributed by atoms with E-state index in [1.165, 1.54) is 5.56 Å². The lowest BCUT2D eigenvalue weighted by Gasteiger charge is -2.32. The maximum Gasteiger partial charge on any atom is 0.253 e. The van der Waals surface area contributed by atoms with E-state index in [1.54, 1.807) is 0 Å². The number of piperidine rings is 1. The second kappa shape index (κ2) is 7.70. The lowest BCUT2D eigenvalue weighted by atomic mass is 9.94. The molecule has 27 heavy (non-hydrogen) atoms. The van der Waals surface area contributed by atoms with Gasteiger partial charge in [0.05, 0.1) is 0 Å². The summed E-state index contributed by atoms with van der Waals surface area (Å²) in [6, 6.07) is 19.7. The highest BCUT2D eigenvalue weighted by Crippen LogP contribution is 2.28. The van der Waals surface area contributed by atoms with Crippen LogP contribution in [-0.4, -0.2) is 33.9 Å². The summed E-state index contributed by atoms with van der Waals surface area (Å²) in [5.41, 5.74) is 4.00. The average molecular weight is 357 g/mol. The van der Waals surface area contributed by atoms with Gasteiger partial charge in [-0.1, -0.05) is 42.0 Å². The Labute approximate surface area is 159 Å². The van der Waals surface area contributed by atoms with Crippen LogP contribution in [0.5, 0.6) is 0 Å². The number of benzene rings is 2. The molecule has 1 aliphatic rings. The zero-order valence-electron chi connectivity index (χ0n) is 15.5. The minimum atomic E-state index is 0.105. The van der Waals surface area contributed by atoms with Gasteiger partial charge in [-0.3, -0.25) is 4.79 Å². The molecule has 1 atom stereocenters.